The summed E-state index contributed by atoms with van der Waals surface area (Å²) in [7, 11) is 1.81. The molecule has 4 heteroatoms. The summed E-state index contributed by atoms with van der Waals surface area (Å²) in [5.41, 5.74) is 1.73. The number of hydrogen-bond donors (Lipinski definition) is 1. The lowest BCUT2D eigenvalue weighted by Gasteiger charge is -2.18. The van der Waals surface area contributed by atoms with Crippen LogP contribution in [0.3, 0.4) is 0 Å². The highest BCUT2D eigenvalue weighted by molar-refractivity contribution is 6.34. The SMILES string of the molecule is CNC(c1cccc(F)c1)c1cc(Cl)cc(Cl)c1. The summed E-state index contributed by atoms with van der Waals surface area (Å²) < 4.78 is 13.3. The first-order valence-corrected chi connectivity index (χ1v) is 6.24. The third-order valence-corrected chi connectivity index (χ3v) is 3.13. The molecular weight excluding hydrogens is 272 g/mol. The Morgan fingerprint density at radius 3 is 2.22 bits per heavy atom. The van der Waals surface area contributed by atoms with Crippen LogP contribution in [0.5, 0.6) is 0 Å². The summed E-state index contributed by atoms with van der Waals surface area (Å²) >= 11 is 12.0. The molecular formula is C14H12Cl2FN. The van der Waals surface area contributed by atoms with Crippen LogP contribution in [-0.2, 0) is 0 Å². The van der Waals surface area contributed by atoms with Crippen LogP contribution in [0.25, 0.3) is 0 Å². The molecule has 0 aromatic heterocycles. The Bertz CT molecular complexity index is 537. The van der Waals surface area contributed by atoms with Crippen molar-refractivity contribution >= 4 is 23.2 Å². The molecule has 2 aromatic rings. The second-order valence-electron chi connectivity index (χ2n) is 3.98. The van der Waals surface area contributed by atoms with E-state index in [4.69, 9.17) is 23.2 Å². The molecule has 0 amide bonds. The minimum atomic E-state index is -0.263. The smallest absolute Gasteiger partial charge is 0.123 e. The van der Waals surface area contributed by atoms with E-state index in [9.17, 15) is 4.39 Å². The van der Waals surface area contributed by atoms with Gasteiger partial charge < -0.3 is 5.32 Å². The van der Waals surface area contributed by atoms with Gasteiger partial charge in [0.25, 0.3) is 0 Å². The van der Waals surface area contributed by atoms with Gasteiger partial charge in [-0.25, -0.2) is 4.39 Å². The molecule has 0 aliphatic rings. The Morgan fingerprint density at radius 1 is 1.00 bits per heavy atom. The number of hydrogen-bond acceptors (Lipinski definition) is 1. The molecule has 2 aromatic carbocycles. The van der Waals surface area contributed by atoms with Crippen molar-refractivity contribution in [1.82, 2.24) is 5.32 Å². The zero-order valence-corrected chi connectivity index (χ0v) is 11.3. The molecule has 94 valence electrons. The molecule has 0 saturated heterocycles. The molecule has 0 aliphatic carbocycles. The summed E-state index contributed by atoms with van der Waals surface area (Å²) in [6.07, 6.45) is 0. The molecule has 0 saturated carbocycles. The quantitative estimate of drug-likeness (QED) is 0.878. The molecule has 1 unspecified atom stereocenters. The lowest BCUT2D eigenvalue weighted by Crippen LogP contribution is -2.17. The monoisotopic (exact) mass is 283 g/mol. The van der Waals surface area contributed by atoms with Crippen LogP contribution in [-0.4, -0.2) is 7.05 Å². The molecule has 0 fully saturated rings. The Kier molecular flexibility index (Phi) is 4.23. The van der Waals surface area contributed by atoms with Gasteiger partial charge in [0.2, 0.25) is 0 Å². The summed E-state index contributed by atoms with van der Waals surface area (Å²) in [6.45, 7) is 0. The van der Waals surface area contributed by atoms with E-state index in [0.717, 1.165) is 11.1 Å². The fraction of sp³-hybridized carbons (Fsp3) is 0.143. The Balaban J connectivity index is 2.45. The van der Waals surface area contributed by atoms with E-state index < -0.39 is 0 Å². The largest absolute Gasteiger partial charge is 0.309 e. The van der Waals surface area contributed by atoms with Crippen LogP contribution >= 0.6 is 23.2 Å². The molecule has 0 radical (unpaired) electrons. The van der Waals surface area contributed by atoms with E-state index in [0.29, 0.717) is 10.0 Å². The standard InChI is InChI=1S/C14H12Cl2FN/c1-18-14(9-3-2-4-13(17)7-9)10-5-11(15)8-12(16)6-10/h2-8,14,18H,1H3. The van der Waals surface area contributed by atoms with Crippen molar-refractivity contribution in [3.8, 4) is 0 Å². The Hall–Kier alpha value is -1.09. The number of nitrogens with one attached hydrogen (secondary N) is 1. The molecule has 1 nitrogen and oxygen atoms in total. The molecule has 0 aliphatic heterocycles. The number of benzene rings is 2. The molecule has 1 atom stereocenters. The van der Waals surface area contributed by atoms with Crippen molar-refractivity contribution in [1.29, 1.82) is 0 Å². The highest BCUT2D eigenvalue weighted by Gasteiger charge is 2.13. The van der Waals surface area contributed by atoms with Crippen LogP contribution in [0.4, 0.5) is 4.39 Å². The Morgan fingerprint density at radius 2 is 1.67 bits per heavy atom. The van der Waals surface area contributed by atoms with Crippen molar-refractivity contribution < 1.29 is 4.39 Å². The predicted octanol–water partition coefficient (Wildman–Crippen LogP) is 4.44. The maximum absolute atomic E-state index is 13.3. The first kappa shape index (κ1) is 13.3. The highest BCUT2D eigenvalue weighted by atomic mass is 35.5. The third kappa shape index (κ3) is 3.02. The van der Waals surface area contributed by atoms with Crippen molar-refractivity contribution in [2.45, 2.75) is 6.04 Å². The topological polar surface area (TPSA) is 12.0 Å². The molecule has 0 bridgehead atoms. The van der Waals surface area contributed by atoms with Gasteiger partial charge in [-0.1, -0.05) is 35.3 Å². The van der Waals surface area contributed by atoms with Crippen molar-refractivity contribution in [2.75, 3.05) is 7.05 Å². The van der Waals surface area contributed by atoms with Gasteiger partial charge in [0, 0.05) is 10.0 Å². The van der Waals surface area contributed by atoms with E-state index in [1.54, 1.807) is 12.1 Å². The van der Waals surface area contributed by atoms with E-state index >= 15 is 0 Å². The molecule has 0 spiro atoms. The van der Waals surface area contributed by atoms with Crippen LogP contribution in [0.2, 0.25) is 10.0 Å². The Labute approximate surface area is 116 Å². The van der Waals surface area contributed by atoms with Gasteiger partial charge in [-0.05, 0) is 48.5 Å². The van der Waals surface area contributed by atoms with Gasteiger partial charge in [0.1, 0.15) is 5.82 Å². The zero-order valence-electron chi connectivity index (χ0n) is 9.75. The van der Waals surface area contributed by atoms with Crippen molar-refractivity contribution in [3.63, 3.8) is 0 Å². The predicted molar refractivity (Wildman–Crippen MR) is 73.8 cm³/mol. The summed E-state index contributed by atoms with van der Waals surface area (Å²) in [5.74, 6) is -0.263. The van der Waals surface area contributed by atoms with E-state index in [1.807, 2.05) is 25.2 Å². The van der Waals surface area contributed by atoms with Crippen LogP contribution in [0.1, 0.15) is 17.2 Å². The van der Waals surface area contributed by atoms with E-state index in [-0.39, 0.29) is 11.9 Å². The molecule has 18 heavy (non-hydrogen) atoms. The lowest BCUT2D eigenvalue weighted by atomic mass is 9.99. The third-order valence-electron chi connectivity index (χ3n) is 2.69. The van der Waals surface area contributed by atoms with Gasteiger partial charge in [-0.3, -0.25) is 0 Å². The van der Waals surface area contributed by atoms with Gasteiger partial charge in [-0.2, -0.15) is 0 Å². The summed E-state index contributed by atoms with van der Waals surface area (Å²) in [6, 6.07) is 11.6. The van der Waals surface area contributed by atoms with Gasteiger partial charge >= 0.3 is 0 Å². The fourth-order valence-corrected chi connectivity index (χ4v) is 2.50. The maximum Gasteiger partial charge on any atom is 0.123 e. The minimum Gasteiger partial charge on any atom is -0.309 e. The second kappa shape index (κ2) is 5.70. The van der Waals surface area contributed by atoms with Crippen LogP contribution in [0.15, 0.2) is 42.5 Å². The number of rotatable bonds is 3. The molecule has 1 N–H and O–H groups in total. The minimum absolute atomic E-state index is 0.142. The van der Waals surface area contributed by atoms with Gasteiger partial charge in [0.05, 0.1) is 6.04 Å². The molecule has 0 heterocycles. The fourth-order valence-electron chi connectivity index (χ4n) is 1.95. The van der Waals surface area contributed by atoms with Crippen molar-refractivity contribution in [3.05, 3.63) is 69.5 Å². The number of halogens is 3. The zero-order chi connectivity index (χ0) is 13.1. The average molecular weight is 284 g/mol. The van der Waals surface area contributed by atoms with Gasteiger partial charge in [-0.15, -0.1) is 0 Å². The lowest BCUT2D eigenvalue weighted by molar-refractivity contribution is 0.617. The first-order valence-electron chi connectivity index (χ1n) is 5.49. The highest BCUT2D eigenvalue weighted by Crippen LogP contribution is 2.27. The maximum atomic E-state index is 13.3. The van der Waals surface area contributed by atoms with Gasteiger partial charge in [0.15, 0.2) is 0 Å². The summed E-state index contributed by atoms with van der Waals surface area (Å²) in [4.78, 5) is 0. The average Bonchev–Trinajstić information content (AvgIpc) is 2.28. The molecule has 2 rings (SSSR count). The first-order chi connectivity index (χ1) is 8.60. The normalized spacial score (nSPS) is 12.4. The van der Waals surface area contributed by atoms with Crippen molar-refractivity contribution in [2.24, 2.45) is 0 Å². The van der Waals surface area contributed by atoms with Crippen LogP contribution in [0, 0.1) is 5.82 Å². The summed E-state index contributed by atoms with van der Waals surface area (Å²) in [5, 5.41) is 4.26. The van der Waals surface area contributed by atoms with E-state index in [1.165, 1.54) is 12.1 Å². The van der Waals surface area contributed by atoms with Crippen LogP contribution < -0.4 is 5.32 Å². The second-order valence-corrected chi connectivity index (χ2v) is 4.85. The van der Waals surface area contributed by atoms with E-state index in [2.05, 4.69) is 5.32 Å².